The molecule has 6 heteroatoms. The Hall–Kier alpha value is -3.44. The van der Waals surface area contributed by atoms with Crippen molar-refractivity contribution in [1.29, 1.82) is 0 Å². The van der Waals surface area contributed by atoms with Gasteiger partial charge in [-0.05, 0) is 55.3 Å². The number of hydrogen-bond acceptors (Lipinski definition) is 4. The molecule has 3 rings (SSSR count). The second-order valence-corrected chi connectivity index (χ2v) is 7.21. The molecule has 0 heterocycles. The Balaban J connectivity index is 1.71. The summed E-state index contributed by atoms with van der Waals surface area (Å²) in [6, 6.07) is 18.4. The number of benzene rings is 3. The molecular formula is C24H20ClNO4. The van der Waals surface area contributed by atoms with Crippen LogP contribution in [0.1, 0.15) is 37.4 Å². The summed E-state index contributed by atoms with van der Waals surface area (Å²) < 4.78 is 5.16. The Morgan fingerprint density at radius 2 is 1.43 bits per heavy atom. The van der Waals surface area contributed by atoms with Crippen molar-refractivity contribution in [3.8, 4) is 0 Å². The highest BCUT2D eigenvalue weighted by Gasteiger charge is 2.20. The molecule has 1 amide bonds. The molecule has 152 valence electrons. The van der Waals surface area contributed by atoms with Crippen LogP contribution in [0.15, 0.2) is 66.7 Å². The molecule has 0 aliphatic carbocycles. The number of esters is 1. The van der Waals surface area contributed by atoms with Gasteiger partial charge in [-0.25, -0.2) is 4.79 Å². The van der Waals surface area contributed by atoms with E-state index in [0.717, 1.165) is 11.1 Å². The van der Waals surface area contributed by atoms with Crippen LogP contribution in [0.25, 0.3) is 0 Å². The maximum absolute atomic E-state index is 12.8. The molecule has 0 aliphatic heterocycles. The number of carbonyl (C=O) groups excluding carboxylic acids is 3. The fourth-order valence-corrected chi connectivity index (χ4v) is 3.14. The monoisotopic (exact) mass is 421 g/mol. The van der Waals surface area contributed by atoms with Crippen LogP contribution in [-0.4, -0.2) is 24.3 Å². The van der Waals surface area contributed by atoms with Gasteiger partial charge in [0.1, 0.15) is 0 Å². The summed E-state index contributed by atoms with van der Waals surface area (Å²) in [5.74, 6) is -1.54. The summed E-state index contributed by atoms with van der Waals surface area (Å²) in [6.45, 7) is 3.30. The van der Waals surface area contributed by atoms with Crippen LogP contribution in [0.3, 0.4) is 0 Å². The van der Waals surface area contributed by atoms with Gasteiger partial charge in [-0.3, -0.25) is 9.59 Å². The number of para-hydroxylation sites is 1. The highest BCUT2D eigenvalue weighted by Crippen LogP contribution is 2.20. The number of amides is 1. The molecule has 0 fully saturated rings. The Bertz CT molecular complexity index is 1090. The van der Waals surface area contributed by atoms with E-state index < -0.39 is 18.5 Å². The van der Waals surface area contributed by atoms with E-state index in [4.69, 9.17) is 16.3 Å². The summed E-state index contributed by atoms with van der Waals surface area (Å²) in [4.78, 5) is 37.6. The molecule has 0 atom stereocenters. The van der Waals surface area contributed by atoms with Gasteiger partial charge in [-0.1, -0.05) is 48.0 Å². The SMILES string of the molecule is Cc1cccc(C)c1NC(=O)COC(=O)c1ccccc1C(=O)c1ccc(Cl)cc1. The summed E-state index contributed by atoms with van der Waals surface area (Å²) in [7, 11) is 0. The molecule has 3 aromatic rings. The molecule has 0 saturated carbocycles. The average Bonchev–Trinajstić information content (AvgIpc) is 2.75. The summed E-state index contributed by atoms with van der Waals surface area (Å²) >= 11 is 5.87. The molecular weight excluding hydrogens is 402 g/mol. The lowest BCUT2D eigenvalue weighted by Gasteiger charge is -2.12. The van der Waals surface area contributed by atoms with Crippen molar-refractivity contribution < 1.29 is 19.1 Å². The maximum atomic E-state index is 12.8. The summed E-state index contributed by atoms with van der Waals surface area (Å²) in [5, 5.41) is 3.27. The molecule has 0 aliphatic rings. The predicted molar refractivity (Wildman–Crippen MR) is 116 cm³/mol. The Kier molecular flexibility index (Phi) is 6.65. The van der Waals surface area contributed by atoms with E-state index in [1.54, 1.807) is 42.5 Å². The van der Waals surface area contributed by atoms with Gasteiger partial charge in [0.15, 0.2) is 12.4 Å². The molecule has 0 aromatic heterocycles. The number of ether oxygens (including phenoxy) is 1. The second kappa shape index (κ2) is 9.37. The number of carbonyl (C=O) groups is 3. The van der Waals surface area contributed by atoms with Crippen molar-refractivity contribution in [1.82, 2.24) is 0 Å². The van der Waals surface area contributed by atoms with Crippen molar-refractivity contribution in [2.75, 3.05) is 11.9 Å². The first kappa shape index (κ1) is 21.3. The molecule has 30 heavy (non-hydrogen) atoms. The normalized spacial score (nSPS) is 10.4. The number of aryl methyl sites for hydroxylation is 2. The van der Waals surface area contributed by atoms with Gasteiger partial charge in [0.05, 0.1) is 5.56 Å². The molecule has 0 radical (unpaired) electrons. The largest absolute Gasteiger partial charge is 0.452 e. The van der Waals surface area contributed by atoms with Gasteiger partial charge in [-0.2, -0.15) is 0 Å². The fraction of sp³-hybridized carbons (Fsp3) is 0.125. The fourth-order valence-electron chi connectivity index (χ4n) is 3.01. The number of rotatable bonds is 6. The van der Waals surface area contributed by atoms with E-state index in [-0.39, 0.29) is 16.9 Å². The molecule has 3 aromatic carbocycles. The zero-order valence-corrected chi connectivity index (χ0v) is 17.3. The standard InChI is InChI=1S/C24H20ClNO4/c1-15-6-5-7-16(2)22(15)26-21(27)14-30-24(29)20-9-4-3-8-19(20)23(28)17-10-12-18(25)13-11-17/h3-13H,14H2,1-2H3,(H,26,27). The summed E-state index contributed by atoms with van der Waals surface area (Å²) in [6.07, 6.45) is 0. The van der Waals surface area contributed by atoms with E-state index in [1.165, 1.54) is 6.07 Å². The topological polar surface area (TPSA) is 72.5 Å². The molecule has 5 nitrogen and oxygen atoms in total. The lowest BCUT2D eigenvalue weighted by molar-refractivity contribution is -0.119. The zero-order valence-electron chi connectivity index (χ0n) is 16.6. The van der Waals surface area contributed by atoms with Crippen molar-refractivity contribution in [3.05, 3.63) is 99.6 Å². The third kappa shape index (κ3) is 4.93. The first-order chi connectivity index (χ1) is 14.4. The van der Waals surface area contributed by atoms with Crippen LogP contribution in [-0.2, 0) is 9.53 Å². The number of halogens is 1. The number of anilines is 1. The Morgan fingerprint density at radius 1 is 0.833 bits per heavy atom. The Labute approximate surface area is 179 Å². The van der Waals surface area contributed by atoms with Crippen LogP contribution in [0.2, 0.25) is 5.02 Å². The average molecular weight is 422 g/mol. The van der Waals surface area contributed by atoms with E-state index in [1.807, 2.05) is 32.0 Å². The van der Waals surface area contributed by atoms with Crippen LogP contribution >= 0.6 is 11.6 Å². The number of hydrogen-bond donors (Lipinski definition) is 1. The maximum Gasteiger partial charge on any atom is 0.339 e. The van der Waals surface area contributed by atoms with Gasteiger partial charge in [0, 0.05) is 21.8 Å². The van der Waals surface area contributed by atoms with Gasteiger partial charge in [0.25, 0.3) is 5.91 Å². The molecule has 0 bridgehead atoms. The minimum Gasteiger partial charge on any atom is -0.452 e. The van der Waals surface area contributed by atoms with Crippen LogP contribution < -0.4 is 5.32 Å². The molecule has 1 N–H and O–H groups in total. The van der Waals surface area contributed by atoms with E-state index >= 15 is 0 Å². The smallest absolute Gasteiger partial charge is 0.339 e. The van der Waals surface area contributed by atoms with Crippen LogP contribution in [0.4, 0.5) is 5.69 Å². The van der Waals surface area contributed by atoms with Gasteiger partial charge in [-0.15, -0.1) is 0 Å². The molecule has 0 spiro atoms. The first-order valence-corrected chi connectivity index (χ1v) is 9.67. The van der Waals surface area contributed by atoms with Crippen molar-refractivity contribution in [2.24, 2.45) is 0 Å². The van der Waals surface area contributed by atoms with E-state index in [2.05, 4.69) is 5.32 Å². The van der Waals surface area contributed by atoms with Crippen molar-refractivity contribution >= 4 is 34.9 Å². The quantitative estimate of drug-likeness (QED) is 0.450. The summed E-state index contributed by atoms with van der Waals surface area (Å²) in [5.41, 5.74) is 3.20. The second-order valence-electron chi connectivity index (χ2n) is 6.77. The number of ketones is 1. The number of nitrogens with one attached hydrogen (secondary N) is 1. The van der Waals surface area contributed by atoms with Gasteiger partial charge < -0.3 is 10.1 Å². The lowest BCUT2D eigenvalue weighted by Crippen LogP contribution is -2.22. The lowest BCUT2D eigenvalue weighted by atomic mass is 9.98. The third-order valence-corrected chi connectivity index (χ3v) is 4.83. The van der Waals surface area contributed by atoms with Gasteiger partial charge >= 0.3 is 5.97 Å². The highest BCUT2D eigenvalue weighted by molar-refractivity contribution is 6.30. The van der Waals surface area contributed by atoms with Gasteiger partial charge in [0.2, 0.25) is 0 Å². The Morgan fingerprint density at radius 3 is 2.07 bits per heavy atom. The molecule has 0 saturated heterocycles. The van der Waals surface area contributed by atoms with Crippen molar-refractivity contribution in [2.45, 2.75) is 13.8 Å². The first-order valence-electron chi connectivity index (χ1n) is 9.29. The van der Waals surface area contributed by atoms with E-state index in [9.17, 15) is 14.4 Å². The minimum atomic E-state index is -0.746. The van der Waals surface area contributed by atoms with Crippen LogP contribution in [0.5, 0.6) is 0 Å². The third-order valence-electron chi connectivity index (χ3n) is 4.58. The zero-order chi connectivity index (χ0) is 21.7. The van der Waals surface area contributed by atoms with Crippen molar-refractivity contribution in [3.63, 3.8) is 0 Å². The predicted octanol–water partition coefficient (Wildman–Crippen LogP) is 4.98. The van der Waals surface area contributed by atoms with Crippen LogP contribution in [0, 0.1) is 13.8 Å². The molecule has 0 unspecified atom stereocenters. The van der Waals surface area contributed by atoms with E-state index in [0.29, 0.717) is 16.3 Å². The highest BCUT2D eigenvalue weighted by atomic mass is 35.5. The minimum absolute atomic E-state index is 0.0947.